The van der Waals surface area contributed by atoms with Crippen LogP contribution in [-0.2, 0) is 19.1 Å². The first kappa shape index (κ1) is 16.9. The maximum atomic E-state index is 13.1. The molecule has 0 bridgehead atoms. The van der Waals surface area contributed by atoms with E-state index in [9.17, 15) is 18.8 Å². The van der Waals surface area contributed by atoms with Gasteiger partial charge >= 0.3 is 5.97 Å². The summed E-state index contributed by atoms with van der Waals surface area (Å²) in [5.41, 5.74) is 0.416. The number of anilines is 1. The number of nitrogens with zero attached hydrogens (tertiary/aromatic N) is 1. The van der Waals surface area contributed by atoms with E-state index in [1.807, 2.05) is 0 Å². The van der Waals surface area contributed by atoms with E-state index in [4.69, 9.17) is 0 Å². The molecule has 23 heavy (non-hydrogen) atoms. The minimum Gasteiger partial charge on any atom is -0.469 e. The highest BCUT2D eigenvalue weighted by molar-refractivity contribution is 5.95. The number of esters is 1. The minimum atomic E-state index is -0.569. The second-order valence-electron chi connectivity index (χ2n) is 5.41. The smallest absolute Gasteiger partial charge is 0.315 e. The molecule has 1 aliphatic heterocycles. The molecule has 0 aromatic heterocycles. The number of amides is 2. The molecule has 1 saturated heterocycles. The molecule has 1 aromatic carbocycles. The van der Waals surface area contributed by atoms with Crippen molar-refractivity contribution in [1.82, 2.24) is 4.90 Å². The van der Waals surface area contributed by atoms with Gasteiger partial charge in [0.2, 0.25) is 11.8 Å². The van der Waals surface area contributed by atoms with Crippen molar-refractivity contribution in [2.75, 3.05) is 25.5 Å². The minimum absolute atomic E-state index is 0.185. The summed E-state index contributed by atoms with van der Waals surface area (Å²) in [5.74, 6) is -1.69. The van der Waals surface area contributed by atoms with Gasteiger partial charge < -0.3 is 15.0 Å². The van der Waals surface area contributed by atoms with Crippen LogP contribution in [0.15, 0.2) is 24.3 Å². The van der Waals surface area contributed by atoms with E-state index in [2.05, 4.69) is 10.1 Å². The van der Waals surface area contributed by atoms with Crippen molar-refractivity contribution in [3.05, 3.63) is 30.1 Å². The molecular weight excluding hydrogens is 303 g/mol. The number of hydrogen-bond acceptors (Lipinski definition) is 4. The first-order chi connectivity index (χ1) is 11.0. The van der Waals surface area contributed by atoms with Gasteiger partial charge in [0, 0.05) is 24.7 Å². The summed E-state index contributed by atoms with van der Waals surface area (Å²) in [6, 6.07) is 5.71. The van der Waals surface area contributed by atoms with Crippen LogP contribution in [0.3, 0.4) is 0 Å². The van der Waals surface area contributed by atoms with Crippen LogP contribution in [0.5, 0.6) is 0 Å². The summed E-state index contributed by atoms with van der Waals surface area (Å²) in [6.07, 6.45) is 0.735. The van der Waals surface area contributed by atoms with E-state index in [-0.39, 0.29) is 24.2 Å². The predicted molar refractivity (Wildman–Crippen MR) is 81.0 cm³/mol. The SMILES string of the molecule is COC(=O)CC(=O)N1CCC(C(=O)Nc2cccc(F)c2)CC1. The molecule has 1 N–H and O–H groups in total. The Balaban J connectivity index is 1.83. The number of ether oxygens (including phenoxy) is 1. The Morgan fingerprint density at radius 1 is 1.30 bits per heavy atom. The van der Waals surface area contributed by atoms with Crippen molar-refractivity contribution in [3.8, 4) is 0 Å². The zero-order valence-corrected chi connectivity index (χ0v) is 12.9. The topological polar surface area (TPSA) is 75.7 Å². The maximum Gasteiger partial charge on any atom is 0.315 e. The van der Waals surface area contributed by atoms with E-state index >= 15 is 0 Å². The summed E-state index contributed by atoms with van der Waals surface area (Å²) < 4.78 is 17.6. The van der Waals surface area contributed by atoms with Crippen LogP contribution in [-0.4, -0.2) is 42.9 Å². The lowest BCUT2D eigenvalue weighted by molar-refractivity contribution is -0.147. The third kappa shape index (κ3) is 4.77. The molecule has 0 spiro atoms. The number of likely N-dealkylation sites (tertiary alicyclic amines) is 1. The van der Waals surface area contributed by atoms with Gasteiger partial charge in [-0.3, -0.25) is 14.4 Å². The van der Waals surface area contributed by atoms with Gasteiger partial charge in [-0.1, -0.05) is 6.07 Å². The van der Waals surface area contributed by atoms with Crippen LogP contribution in [0, 0.1) is 11.7 Å². The number of hydrogen-bond donors (Lipinski definition) is 1. The molecule has 0 saturated carbocycles. The fourth-order valence-electron chi connectivity index (χ4n) is 2.51. The van der Waals surface area contributed by atoms with Crippen LogP contribution in [0.2, 0.25) is 0 Å². The number of halogens is 1. The van der Waals surface area contributed by atoms with Crippen LogP contribution >= 0.6 is 0 Å². The van der Waals surface area contributed by atoms with Crippen LogP contribution in [0.1, 0.15) is 19.3 Å². The lowest BCUT2D eigenvalue weighted by Gasteiger charge is -2.31. The van der Waals surface area contributed by atoms with Gasteiger partial charge in [-0.2, -0.15) is 0 Å². The summed E-state index contributed by atoms with van der Waals surface area (Å²) in [6.45, 7) is 0.828. The molecule has 1 aliphatic rings. The largest absolute Gasteiger partial charge is 0.469 e. The summed E-state index contributed by atoms with van der Waals surface area (Å²) >= 11 is 0. The molecule has 6 nitrogen and oxygen atoms in total. The Hall–Kier alpha value is -2.44. The lowest BCUT2D eigenvalue weighted by atomic mass is 9.95. The summed E-state index contributed by atoms with van der Waals surface area (Å²) in [4.78, 5) is 36.7. The molecule has 2 rings (SSSR count). The van der Waals surface area contributed by atoms with Gasteiger partial charge in [0.05, 0.1) is 7.11 Å². The highest BCUT2D eigenvalue weighted by Crippen LogP contribution is 2.20. The number of carbonyl (C=O) groups is 3. The number of rotatable bonds is 4. The third-order valence-electron chi connectivity index (χ3n) is 3.83. The van der Waals surface area contributed by atoms with Crippen molar-refractivity contribution in [3.63, 3.8) is 0 Å². The molecule has 0 atom stereocenters. The van der Waals surface area contributed by atoms with Crippen molar-refractivity contribution >= 4 is 23.5 Å². The van der Waals surface area contributed by atoms with Gasteiger partial charge in [-0.15, -0.1) is 0 Å². The summed E-state index contributed by atoms with van der Waals surface area (Å²) in [7, 11) is 1.23. The first-order valence-electron chi connectivity index (χ1n) is 7.40. The number of nitrogens with one attached hydrogen (secondary N) is 1. The Bertz CT molecular complexity index is 597. The van der Waals surface area contributed by atoms with E-state index in [0.717, 1.165) is 0 Å². The fourth-order valence-corrected chi connectivity index (χ4v) is 2.51. The quantitative estimate of drug-likeness (QED) is 0.674. The van der Waals surface area contributed by atoms with E-state index in [1.165, 1.54) is 25.3 Å². The van der Waals surface area contributed by atoms with E-state index in [1.54, 1.807) is 11.0 Å². The van der Waals surface area contributed by atoms with Crippen molar-refractivity contribution in [1.29, 1.82) is 0 Å². The molecule has 2 amide bonds. The Kier molecular flexibility index (Phi) is 5.67. The van der Waals surface area contributed by atoms with Gasteiger partial charge in [-0.05, 0) is 31.0 Å². The number of methoxy groups -OCH3 is 1. The van der Waals surface area contributed by atoms with Crippen LogP contribution < -0.4 is 5.32 Å². The first-order valence-corrected chi connectivity index (χ1v) is 7.40. The van der Waals surface area contributed by atoms with Crippen LogP contribution in [0.25, 0.3) is 0 Å². The van der Waals surface area contributed by atoms with E-state index in [0.29, 0.717) is 31.6 Å². The summed E-state index contributed by atoms with van der Waals surface area (Å²) in [5, 5.41) is 2.68. The third-order valence-corrected chi connectivity index (χ3v) is 3.83. The molecule has 7 heteroatoms. The molecule has 0 radical (unpaired) electrons. The zero-order chi connectivity index (χ0) is 16.8. The second-order valence-corrected chi connectivity index (χ2v) is 5.41. The van der Waals surface area contributed by atoms with Crippen molar-refractivity contribution in [2.45, 2.75) is 19.3 Å². The second kappa shape index (κ2) is 7.71. The van der Waals surface area contributed by atoms with Crippen molar-refractivity contribution < 1.29 is 23.5 Å². The predicted octanol–water partition coefficient (Wildman–Crippen LogP) is 1.57. The van der Waals surface area contributed by atoms with Gasteiger partial charge in [0.1, 0.15) is 12.2 Å². The molecular formula is C16H19FN2O4. The average Bonchev–Trinajstić information content (AvgIpc) is 2.54. The Labute approximate surface area is 133 Å². The highest BCUT2D eigenvalue weighted by Gasteiger charge is 2.28. The zero-order valence-electron chi connectivity index (χ0n) is 12.9. The Morgan fingerprint density at radius 3 is 2.61 bits per heavy atom. The van der Waals surface area contributed by atoms with Crippen LogP contribution in [0.4, 0.5) is 10.1 Å². The number of benzene rings is 1. The molecule has 0 aliphatic carbocycles. The number of piperidine rings is 1. The molecule has 124 valence electrons. The molecule has 1 aromatic rings. The maximum absolute atomic E-state index is 13.1. The lowest BCUT2D eigenvalue weighted by Crippen LogP contribution is -2.42. The van der Waals surface area contributed by atoms with E-state index < -0.39 is 11.8 Å². The Morgan fingerprint density at radius 2 is 2.00 bits per heavy atom. The van der Waals surface area contributed by atoms with Gasteiger partial charge in [-0.25, -0.2) is 4.39 Å². The fraction of sp³-hybridized carbons (Fsp3) is 0.438. The van der Waals surface area contributed by atoms with Gasteiger partial charge in [0.25, 0.3) is 0 Å². The molecule has 1 fully saturated rings. The van der Waals surface area contributed by atoms with Crippen molar-refractivity contribution in [2.24, 2.45) is 5.92 Å². The normalized spacial score (nSPS) is 15.1. The molecule has 1 heterocycles. The number of carbonyl (C=O) groups excluding carboxylic acids is 3. The molecule has 0 unspecified atom stereocenters. The monoisotopic (exact) mass is 322 g/mol. The standard InChI is InChI=1S/C16H19FN2O4/c1-23-15(21)10-14(20)19-7-5-11(6-8-19)16(22)18-13-4-2-3-12(17)9-13/h2-4,9,11H,5-8,10H2,1H3,(H,18,22). The van der Waals surface area contributed by atoms with Gasteiger partial charge in [0.15, 0.2) is 0 Å². The average molecular weight is 322 g/mol. The highest BCUT2D eigenvalue weighted by atomic mass is 19.1.